The van der Waals surface area contributed by atoms with E-state index < -0.39 is 17.3 Å². The molecule has 6 heteroatoms. The Kier molecular flexibility index (Phi) is 2.77. The number of ether oxygens (including phenoxy) is 1. The lowest BCUT2D eigenvalue weighted by molar-refractivity contribution is 0.370. The van der Waals surface area contributed by atoms with E-state index in [1.165, 1.54) is 6.07 Å². The highest BCUT2D eigenvalue weighted by Crippen LogP contribution is 2.47. The van der Waals surface area contributed by atoms with Gasteiger partial charge < -0.3 is 20.3 Å². The van der Waals surface area contributed by atoms with E-state index >= 15 is 0 Å². The molecule has 22 heavy (non-hydrogen) atoms. The molecule has 1 aromatic heterocycles. The molecule has 0 radical (unpaired) electrons. The van der Waals surface area contributed by atoms with E-state index in [1.807, 2.05) is 0 Å². The molecule has 5 nitrogen and oxygen atoms in total. The van der Waals surface area contributed by atoms with Gasteiger partial charge >= 0.3 is 0 Å². The van der Waals surface area contributed by atoms with E-state index in [2.05, 4.69) is 10.3 Å². The van der Waals surface area contributed by atoms with Gasteiger partial charge in [0.1, 0.15) is 0 Å². The number of nitrogens with one attached hydrogen (secondary N) is 1. The first-order valence-corrected chi connectivity index (χ1v) is 7.10. The molecule has 1 unspecified atom stereocenters. The molecule has 2 aliphatic rings. The van der Waals surface area contributed by atoms with Gasteiger partial charge in [-0.3, -0.25) is 0 Å². The number of fused-ring (bicyclic) bond motifs is 2. The number of phenolic OH excluding ortho intramolecular Hbond substituents is 2. The van der Waals surface area contributed by atoms with Crippen LogP contribution in [0.3, 0.4) is 0 Å². The Labute approximate surface area is 126 Å². The third kappa shape index (κ3) is 1.64. The minimum absolute atomic E-state index is 0.0830. The summed E-state index contributed by atoms with van der Waals surface area (Å²) in [4.78, 5) is 4.31. The summed E-state index contributed by atoms with van der Waals surface area (Å²) in [6.07, 6.45) is 2.14. The number of benzene rings is 1. The number of rotatable bonds is 1. The zero-order valence-electron chi connectivity index (χ0n) is 12.0. The van der Waals surface area contributed by atoms with Crippen molar-refractivity contribution in [3.63, 3.8) is 0 Å². The highest BCUT2D eigenvalue weighted by molar-refractivity contribution is 5.62. The van der Waals surface area contributed by atoms with Crippen molar-refractivity contribution in [3.8, 4) is 17.4 Å². The van der Waals surface area contributed by atoms with Crippen LogP contribution in [0.25, 0.3) is 0 Å². The molecule has 3 N–H and O–H groups in total. The van der Waals surface area contributed by atoms with Gasteiger partial charge in [-0.1, -0.05) is 0 Å². The second-order valence-electron chi connectivity index (χ2n) is 5.67. The maximum Gasteiger partial charge on any atom is 0.216 e. The molecule has 0 spiro atoms. The standard InChI is InChI=1S/C16H15FN2O3/c1-22-16-10-2-9-8(3-12(17)15(21)14(9)20)11-6-18-4-7(5-19-16)13(10)11/h3,5,11,18,20-21H,2,4,6H2,1H3. The van der Waals surface area contributed by atoms with E-state index in [9.17, 15) is 14.6 Å². The first-order chi connectivity index (χ1) is 10.6. The van der Waals surface area contributed by atoms with Gasteiger partial charge in [0.2, 0.25) is 5.88 Å². The largest absolute Gasteiger partial charge is 0.504 e. The number of pyridine rings is 1. The van der Waals surface area contributed by atoms with Gasteiger partial charge in [-0.2, -0.15) is 0 Å². The maximum atomic E-state index is 13.8. The minimum Gasteiger partial charge on any atom is -0.504 e. The van der Waals surface area contributed by atoms with Crippen LogP contribution in [0.1, 0.15) is 33.7 Å². The molecule has 1 aliphatic carbocycles. The highest BCUT2D eigenvalue weighted by atomic mass is 19.1. The summed E-state index contributed by atoms with van der Waals surface area (Å²) in [6, 6.07) is 1.32. The van der Waals surface area contributed by atoms with Crippen LogP contribution in [0.2, 0.25) is 0 Å². The van der Waals surface area contributed by atoms with Crippen molar-refractivity contribution in [2.75, 3.05) is 13.7 Å². The molecule has 4 rings (SSSR count). The third-order valence-corrected chi connectivity index (χ3v) is 4.57. The van der Waals surface area contributed by atoms with Gasteiger partial charge in [0.25, 0.3) is 0 Å². The average molecular weight is 302 g/mol. The van der Waals surface area contributed by atoms with Crippen molar-refractivity contribution >= 4 is 0 Å². The Hall–Kier alpha value is -2.34. The van der Waals surface area contributed by atoms with Gasteiger partial charge in [-0.15, -0.1) is 0 Å². The van der Waals surface area contributed by atoms with E-state index in [1.54, 1.807) is 13.3 Å². The molecule has 0 bridgehead atoms. The predicted octanol–water partition coefficient (Wildman–Crippen LogP) is 1.78. The molecule has 0 saturated carbocycles. The average Bonchev–Trinajstić information content (AvgIpc) is 2.54. The summed E-state index contributed by atoms with van der Waals surface area (Å²) in [6.45, 7) is 1.35. The van der Waals surface area contributed by atoms with Gasteiger partial charge in [0.15, 0.2) is 17.3 Å². The molecule has 114 valence electrons. The minimum atomic E-state index is -0.798. The first-order valence-electron chi connectivity index (χ1n) is 7.10. The van der Waals surface area contributed by atoms with E-state index in [0.29, 0.717) is 36.5 Å². The van der Waals surface area contributed by atoms with E-state index in [-0.39, 0.29) is 5.92 Å². The zero-order valence-corrected chi connectivity index (χ0v) is 12.0. The molecule has 0 saturated heterocycles. The Balaban J connectivity index is 2.01. The number of hydrogen-bond donors (Lipinski definition) is 3. The summed E-state index contributed by atoms with van der Waals surface area (Å²) in [5.74, 6) is -1.46. The Morgan fingerprint density at radius 1 is 1.32 bits per heavy atom. The quantitative estimate of drug-likeness (QED) is 0.700. The van der Waals surface area contributed by atoms with E-state index in [4.69, 9.17) is 4.74 Å². The summed E-state index contributed by atoms with van der Waals surface area (Å²) in [7, 11) is 1.55. The number of aromatic hydroxyl groups is 2. The molecule has 1 aliphatic heterocycles. The second kappa shape index (κ2) is 4.58. The van der Waals surface area contributed by atoms with Crippen molar-refractivity contribution < 1.29 is 19.3 Å². The van der Waals surface area contributed by atoms with Crippen LogP contribution in [-0.4, -0.2) is 28.9 Å². The normalized spacial score (nSPS) is 18.5. The molecule has 2 aromatic rings. The fourth-order valence-electron chi connectivity index (χ4n) is 3.59. The lowest BCUT2D eigenvalue weighted by Gasteiger charge is -2.35. The van der Waals surface area contributed by atoms with Crippen LogP contribution in [0.5, 0.6) is 17.4 Å². The smallest absolute Gasteiger partial charge is 0.216 e. The third-order valence-electron chi connectivity index (χ3n) is 4.57. The molecular formula is C16H15FN2O3. The Morgan fingerprint density at radius 3 is 2.91 bits per heavy atom. The number of methoxy groups -OCH3 is 1. The van der Waals surface area contributed by atoms with Crippen LogP contribution in [-0.2, 0) is 13.0 Å². The summed E-state index contributed by atoms with van der Waals surface area (Å²) < 4.78 is 19.2. The van der Waals surface area contributed by atoms with Crippen molar-refractivity contribution in [1.82, 2.24) is 10.3 Å². The predicted molar refractivity (Wildman–Crippen MR) is 76.9 cm³/mol. The van der Waals surface area contributed by atoms with Crippen LogP contribution >= 0.6 is 0 Å². The molecule has 1 aromatic carbocycles. The molecule has 1 atom stereocenters. The number of hydrogen-bond acceptors (Lipinski definition) is 5. The monoisotopic (exact) mass is 302 g/mol. The highest BCUT2D eigenvalue weighted by Gasteiger charge is 2.35. The fourth-order valence-corrected chi connectivity index (χ4v) is 3.59. The van der Waals surface area contributed by atoms with Gasteiger partial charge in [-0.05, 0) is 22.8 Å². The summed E-state index contributed by atoms with van der Waals surface area (Å²) >= 11 is 0. The first kappa shape index (κ1) is 13.3. The fraction of sp³-hybridized carbons (Fsp3) is 0.312. The summed E-state index contributed by atoms with van der Waals surface area (Å²) in [5, 5.41) is 23.1. The number of phenols is 2. The van der Waals surface area contributed by atoms with Gasteiger partial charge in [-0.25, -0.2) is 9.37 Å². The van der Waals surface area contributed by atoms with Crippen molar-refractivity contribution in [3.05, 3.63) is 45.9 Å². The van der Waals surface area contributed by atoms with E-state index in [0.717, 1.165) is 16.7 Å². The summed E-state index contributed by atoms with van der Waals surface area (Å²) in [5.41, 5.74) is 4.31. The molecule has 0 fully saturated rings. The Morgan fingerprint density at radius 2 is 2.14 bits per heavy atom. The number of aromatic nitrogens is 1. The topological polar surface area (TPSA) is 74.6 Å². The SMILES string of the molecule is COc1ncc2c3c1Cc1c(cc(F)c(O)c1O)C3CNC2. The van der Waals surface area contributed by atoms with Crippen molar-refractivity contribution in [2.45, 2.75) is 18.9 Å². The van der Waals surface area contributed by atoms with Crippen LogP contribution in [0.4, 0.5) is 4.39 Å². The molecular weight excluding hydrogens is 287 g/mol. The van der Waals surface area contributed by atoms with Gasteiger partial charge in [0, 0.05) is 42.8 Å². The lowest BCUT2D eigenvalue weighted by Crippen LogP contribution is -2.33. The van der Waals surface area contributed by atoms with Crippen LogP contribution < -0.4 is 10.1 Å². The zero-order chi connectivity index (χ0) is 15.4. The number of nitrogens with zero attached hydrogens (tertiary/aromatic N) is 1. The maximum absolute atomic E-state index is 13.8. The Bertz CT molecular complexity index is 792. The van der Waals surface area contributed by atoms with Crippen LogP contribution in [0.15, 0.2) is 12.3 Å². The molecule has 0 amide bonds. The molecule has 2 heterocycles. The van der Waals surface area contributed by atoms with Crippen LogP contribution in [0, 0.1) is 5.82 Å². The number of halogens is 1. The van der Waals surface area contributed by atoms with Crippen molar-refractivity contribution in [1.29, 1.82) is 0 Å². The lowest BCUT2D eigenvalue weighted by atomic mass is 9.75. The van der Waals surface area contributed by atoms with Crippen molar-refractivity contribution in [2.24, 2.45) is 0 Å². The van der Waals surface area contributed by atoms with Gasteiger partial charge in [0.05, 0.1) is 7.11 Å². The second-order valence-corrected chi connectivity index (χ2v) is 5.67.